The Kier molecular flexibility index (Phi) is 5.45. The number of hydrogen-bond donors (Lipinski definition) is 2. The summed E-state index contributed by atoms with van der Waals surface area (Å²) < 4.78 is 1.55. The molecular weight excluding hydrogens is 266 g/mol. The lowest BCUT2D eigenvalue weighted by Gasteiger charge is -2.05. The van der Waals surface area contributed by atoms with Crippen molar-refractivity contribution in [3.8, 4) is 0 Å². The van der Waals surface area contributed by atoms with Gasteiger partial charge in [-0.1, -0.05) is 49.4 Å². The summed E-state index contributed by atoms with van der Waals surface area (Å²) in [7, 11) is 0. The Morgan fingerprint density at radius 3 is 2.71 bits per heavy atom. The van der Waals surface area contributed by atoms with Gasteiger partial charge < -0.3 is 10.6 Å². The molecule has 0 fully saturated rings. The van der Waals surface area contributed by atoms with Crippen LogP contribution in [0.1, 0.15) is 25.1 Å². The Hall–Kier alpha value is -2.21. The highest BCUT2D eigenvalue weighted by Crippen LogP contribution is 1.98. The molecular formula is C15H21N5O. The van der Waals surface area contributed by atoms with Crippen molar-refractivity contribution in [1.29, 1.82) is 0 Å². The van der Waals surface area contributed by atoms with Gasteiger partial charge in [-0.2, -0.15) is 0 Å². The molecule has 6 nitrogen and oxygen atoms in total. The Balaban J connectivity index is 1.77. The van der Waals surface area contributed by atoms with E-state index in [1.807, 2.05) is 30.3 Å². The largest absolute Gasteiger partial charge is 0.350 e. The maximum absolute atomic E-state index is 11.8. The molecule has 1 amide bonds. The third kappa shape index (κ3) is 5.35. The second-order valence-electron chi connectivity index (χ2n) is 5.21. The second-order valence-corrected chi connectivity index (χ2v) is 5.21. The summed E-state index contributed by atoms with van der Waals surface area (Å²) in [5.74, 6) is -0.0767. The number of carbonyl (C=O) groups is 1. The highest BCUT2D eigenvalue weighted by Gasteiger charge is 2.06. The molecule has 0 unspecified atom stereocenters. The van der Waals surface area contributed by atoms with E-state index in [1.54, 1.807) is 10.9 Å². The first-order valence-electron chi connectivity index (χ1n) is 7.06. The van der Waals surface area contributed by atoms with E-state index in [0.717, 1.165) is 11.3 Å². The smallest absolute Gasteiger partial charge is 0.242 e. The minimum Gasteiger partial charge on any atom is -0.350 e. The van der Waals surface area contributed by atoms with Gasteiger partial charge in [-0.05, 0) is 5.56 Å². The van der Waals surface area contributed by atoms with Crippen molar-refractivity contribution in [3.63, 3.8) is 0 Å². The summed E-state index contributed by atoms with van der Waals surface area (Å²) in [5, 5.41) is 14.1. The van der Waals surface area contributed by atoms with Crippen LogP contribution in [-0.2, 0) is 24.4 Å². The molecule has 112 valence electrons. The van der Waals surface area contributed by atoms with Crippen LogP contribution in [0.5, 0.6) is 0 Å². The standard InChI is InChI=1S/C15H21N5O/c1-12(2)16-9-14-10-20(19-18-14)11-15(21)17-8-13-6-4-3-5-7-13/h3-7,10,12,16H,8-9,11H2,1-2H3,(H,17,21). The normalized spacial score (nSPS) is 10.8. The Morgan fingerprint density at radius 2 is 2.00 bits per heavy atom. The fourth-order valence-corrected chi connectivity index (χ4v) is 1.81. The van der Waals surface area contributed by atoms with Crippen molar-refractivity contribution in [2.75, 3.05) is 0 Å². The van der Waals surface area contributed by atoms with Gasteiger partial charge in [0, 0.05) is 19.1 Å². The van der Waals surface area contributed by atoms with Crippen molar-refractivity contribution in [1.82, 2.24) is 25.6 Å². The van der Waals surface area contributed by atoms with Crippen LogP contribution in [0.2, 0.25) is 0 Å². The number of rotatable bonds is 7. The first-order valence-corrected chi connectivity index (χ1v) is 7.06. The lowest BCUT2D eigenvalue weighted by atomic mass is 10.2. The highest BCUT2D eigenvalue weighted by molar-refractivity contribution is 5.75. The third-order valence-corrected chi connectivity index (χ3v) is 2.92. The van der Waals surface area contributed by atoms with Gasteiger partial charge in [-0.3, -0.25) is 4.79 Å². The zero-order chi connectivity index (χ0) is 15.1. The maximum Gasteiger partial charge on any atom is 0.242 e. The molecule has 0 aliphatic heterocycles. The molecule has 0 saturated carbocycles. The molecule has 0 aliphatic rings. The van der Waals surface area contributed by atoms with E-state index in [0.29, 0.717) is 19.1 Å². The van der Waals surface area contributed by atoms with Gasteiger partial charge in [0.15, 0.2) is 0 Å². The van der Waals surface area contributed by atoms with Crippen molar-refractivity contribution in [3.05, 3.63) is 47.8 Å². The van der Waals surface area contributed by atoms with Crippen molar-refractivity contribution < 1.29 is 4.79 Å². The Bertz CT molecular complexity index is 564. The highest BCUT2D eigenvalue weighted by atomic mass is 16.2. The lowest BCUT2D eigenvalue weighted by molar-refractivity contribution is -0.122. The van der Waals surface area contributed by atoms with Crippen molar-refractivity contribution in [2.24, 2.45) is 0 Å². The van der Waals surface area contributed by atoms with Gasteiger partial charge in [0.25, 0.3) is 0 Å². The molecule has 0 radical (unpaired) electrons. The van der Waals surface area contributed by atoms with Crippen LogP contribution >= 0.6 is 0 Å². The first kappa shape index (κ1) is 15.2. The molecule has 0 atom stereocenters. The number of nitrogens with one attached hydrogen (secondary N) is 2. The van der Waals surface area contributed by atoms with Crippen LogP contribution in [0.25, 0.3) is 0 Å². The summed E-state index contributed by atoms with van der Waals surface area (Å²) in [6, 6.07) is 10.2. The topological polar surface area (TPSA) is 71.8 Å². The van der Waals surface area contributed by atoms with Crippen LogP contribution in [0.4, 0.5) is 0 Å². The minimum atomic E-state index is -0.0767. The number of nitrogens with zero attached hydrogens (tertiary/aromatic N) is 3. The van der Waals surface area contributed by atoms with Gasteiger partial charge in [-0.25, -0.2) is 4.68 Å². The van der Waals surface area contributed by atoms with Crippen molar-refractivity contribution in [2.45, 2.75) is 39.5 Å². The third-order valence-electron chi connectivity index (χ3n) is 2.92. The predicted molar refractivity (Wildman–Crippen MR) is 80.3 cm³/mol. The SMILES string of the molecule is CC(C)NCc1cn(CC(=O)NCc2ccccc2)nn1. The second kappa shape index (κ2) is 7.54. The van der Waals surface area contributed by atoms with Gasteiger partial charge >= 0.3 is 0 Å². The number of hydrogen-bond acceptors (Lipinski definition) is 4. The molecule has 0 saturated heterocycles. The fourth-order valence-electron chi connectivity index (χ4n) is 1.81. The zero-order valence-electron chi connectivity index (χ0n) is 12.4. The van der Waals surface area contributed by atoms with E-state index in [9.17, 15) is 4.79 Å². The summed E-state index contributed by atoms with van der Waals surface area (Å²) in [5.41, 5.74) is 1.91. The van der Waals surface area contributed by atoms with Crippen LogP contribution in [0, 0.1) is 0 Å². The monoisotopic (exact) mass is 287 g/mol. The van der Waals surface area contributed by atoms with E-state index < -0.39 is 0 Å². The van der Waals surface area contributed by atoms with Gasteiger partial charge in [0.1, 0.15) is 6.54 Å². The minimum absolute atomic E-state index is 0.0767. The van der Waals surface area contributed by atoms with Crippen LogP contribution in [0.15, 0.2) is 36.5 Å². The molecule has 6 heteroatoms. The summed E-state index contributed by atoms with van der Waals surface area (Å²) in [4.78, 5) is 11.8. The van der Waals surface area contributed by atoms with E-state index in [-0.39, 0.29) is 12.5 Å². The lowest BCUT2D eigenvalue weighted by Crippen LogP contribution is -2.27. The average molecular weight is 287 g/mol. The quantitative estimate of drug-likeness (QED) is 0.799. The molecule has 0 spiro atoms. The van der Waals surface area contributed by atoms with Gasteiger partial charge in [0.05, 0.1) is 11.9 Å². The van der Waals surface area contributed by atoms with E-state index in [1.165, 1.54) is 0 Å². The van der Waals surface area contributed by atoms with Crippen molar-refractivity contribution >= 4 is 5.91 Å². The number of amides is 1. The number of carbonyl (C=O) groups excluding carboxylic acids is 1. The summed E-state index contributed by atoms with van der Waals surface area (Å²) >= 11 is 0. The molecule has 1 heterocycles. The molecule has 1 aromatic carbocycles. The molecule has 2 aromatic rings. The van der Waals surface area contributed by atoms with E-state index >= 15 is 0 Å². The van der Waals surface area contributed by atoms with E-state index in [4.69, 9.17) is 0 Å². The first-order chi connectivity index (χ1) is 10.1. The zero-order valence-corrected chi connectivity index (χ0v) is 12.4. The Morgan fingerprint density at radius 1 is 1.24 bits per heavy atom. The molecule has 2 N–H and O–H groups in total. The average Bonchev–Trinajstić information content (AvgIpc) is 2.91. The number of aromatic nitrogens is 3. The van der Waals surface area contributed by atoms with Gasteiger partial charge in [0.2, 0.25) is 5.91 Å². The molecule has 1 aromatic heterocycles. The van der Waals surface area contributed by atoms with Crippen LogP contribution in [0.3, 0.4) is 0 Å². The fraction of sp³-hybridized carbons (Fsp3) is 0.400. The van der Waals surface area contributed by atoms with E-state index in [2.05, 4.69) is 34.8 Å². The molecule has 21 heavy (non-hydrogen) atoms. The summed E-state index contributed by atoms with van der Waals surface area (Å²) in [6.45, 7) is 5.50. The number of benzene rings is 1. The molecule has 0 aliphatic carbocycles. The van der Waals surface area contributed by atoms with Crippen LogP contribution < -0.4 is 10.6 Å². The Labute approximate surface area is 124 Å². The van der Waals surface area contributed by atoms with Gasteiger partial charge in [-0.15, -0.1) is 5.10 Å². The van der Waals surface area contributed by atoms with Crippen LogP contribution in [-0.4, -0.2) is 26.9 Å². The summed E-state index contributed by atoms with van der Waals surface area (Å²) in [6.07, 6.45) is 1.79. The predicted octanol–water partition coefficient (Wildman–Crippen LogP) is 1.09. The molecule has 0 bridgehead atoms. The molecule has 2 rings (SSSR count). The maximum atomic E-state index is 11.8.